The molecule has 0 spiro atoms. The van der Waals surface area contributed by atoms with Crippen LogP contribution >= 0.6 is 0 Å². The van der Waals surface area contributed by atoms with Crippen LogP contribution in [0.2, 0.25) is 0 Å². The van der Waals surface area contributed by atoms with Crippen LogP contribution in [0.15, 0.2) is 224 Å². The molecule has 11 aromatic carbocycles. The van der Waals surface area contributed by atoms with Crippen LogP contribution in [0.4, 0.5) is 0 Å². The molecule has 14 aromatic rings. The first-order valence-electron chi connectivity index (χ1n) is 22.4. The predicted molar refractivity (Wildman–Crippen MR) is 275 cm³/mol. The lowest BCUT2D eigenvalue weighted by Crippen LogP contribution is -2.02. The van der Waals surface area contributed by atoms with Gasteiger partial charge < -0.3 is 9.13 Å². The Labute approximate surface area is 379 Å². The number of nitrogens with zero attached hydrogens (tertiary/aromatic N) is 5. The lowest BCUT2D eigenvalue weighted by atomic mass is 10.0. The van der Waals surface area contributed by atoms with E-state index in [1.165, 1.54) is 48.6 Å². The number of hydrogen-bond acceptors (Lipinski definition) is 3. The molecule has 306 valence electrons. The van der Waals surface area contributed by atoms with Crippen LogP contribution in [0, 0.1) is 0 Å². The average molecular weight is 840 g/mol. The first-order valence-corrected chi connectivity index (χ1v) is 22.4. The van der Waals surface area contributed by atoms with Gasteiger partial charge in [-0.1, -0.05) is 164 Å². The summed E-state index contributed by atoms with van der Waals surface area (Å²) < 4.78 is 4.86. The number of hydrogen-bond donors (Lipinski definition) is 0. The first kappa shape index (κ1) is 36.5. The standard InChI is InChI=1S/C61H37N5/c1-2-20-46(21-3-1)65-55-31-30-40-16-8-11-23-49(40)58(55)53-36-51-50-24-12-13-25-54(50)66(56(51)37-57(53)65)47-34-43-19-9-10-22-48(43)52(35-47)61-63-59(44-28-26-38-14-4-6-17-41(38)32-44)62-60(64-61)45-29-27-39-15-5-7-18-42(39)33-45/h1-37H. The zero-order chi connectivity index (χ0) is 43.3. The Bertz CT molecular complexity index is 4200. The van der Waals surface area contributed by atoms with E-state index >= 15 is 0 Å². The fourth-order valence-electron chi connectivity index (χ4n) is 10.4. The first-order chi connectivity index (χ1) is 32.7. The quantitative estimate of drug-likeness (QED) is 0.173. The Balaban J connectivity index is 1.05. The molecule has 0 aliphatic rings. The number of rotatable bonds is 5. The second kappa shape index (κ2) is 14.3. The van der Waals surface area contributed by atoms with E-state index in [-0.39, 0.29) is 0 Å². The van der Waals surface area contributed by atoms with Crippen molar-refractivity contribution in [2.75, 3.05) is 0 Å². The summed E-state index contributed by atoms with van der Waals surface area (Å²) in [5.74, 6) is 1.88. The lowest BCUT2D eigenvalue weighted by molar-refractivity contribution is 1.08. The number of para-hydroxylation sites is 2. The molecule has 3 heterocycles. The SMILES string of the molecule is c1ccc(-n2c3cc4c(cc3c3c5ccccc5ccc32)c2ccccc2n4-c2cc(-c3nc(-c4ccc5ccccc5c4)nc(-c4ccc5ccccc5c4)n3)c3ccccc3c2)cc1. The zero-order valence-electron chi connectivity index (χ0n) is 35.6. The minimum Gasteiger partial charge on any atom is -0.309 e. The van der Waals surface area contributed by atoms with E-state index < -0.39 is 0 Å². The minimum atomic E-state index is 0.619. The van der Waals surface area contributed by atoms with Crippen LogP contribution in [-0.4, -0.2) is 24.1 Å². The summed E-state index contributed by atoms with van der Waals surface area (Å²) in [5.41, 5.74) is 9.56. The van der Waals surface area contributed by atoms with Gasteiger partial charge in [-0.3, -0.25) is 0 Å². The summed E-state index contributed by atoms with van der Waals surface area (Å²) in [6.45, 7) is 0. The fraction of sp³-hybridized carbons (Fsp3) is 0. The van der Waals surface area contributed by atoms with Gasteiger partial charge in [0.1, 0.15) is 0 Å². The van der Waals surface area contributed by atoms with Crippen LogP contribution in [0.3, 0.4) is 0 Å². The zero-order valence-corrected chi connectivity index (χ0v) is 35.6. The second-order valence-corrected chi connectivity index (χ2v) is 17.2. The van der Waals surface area contributed by atoms with Crippen molar-refractivity contribution in [3.63, 3.8) is 0 Å². The highest BCUT2D eigenvalue weighted by molar-refractivity contribution is 6.25. The van der Waals surface area contributed by atoms with E-state index in [0.29, 0.717) is 17.5 Å². The van der Waals surface area contributed by atoms with Gasteiger partial charge in [-0.05, 0) is 104 Å². The summed E-state index contributed by atoms with van der Waals surface area (Å²) in [7, 11) is 0. The molecule has 0 saturated carbocycles. The van der Waals surface area contributed by atoms with E-state index in [0.717, 1.165) is 66.2 Å². The summed E-state index contributed by atoms with van der Waals surface area (Å²) >= 11 is 0. The molecule has 5 nitrogen and oxygen atoms in total. The van der Waals surface area contributed by atoms with Gasteiger partial charge in [-0.2, -0.15) is 0 Å². The van der Waals surface area contributed by atoms with Crippen LogP contribution in [0.25, 0.3) is 132 Å². The number of fused-ring (bicyclic) bond motifs is 11. The van der Waals surface area contributed by atoms with Gasteiger partial charge in [0.05, 0.1) is 22.1 Å². The highest BCUT2D eigenvalue weighted by Gasteiger charge is 2.22. The highest BCUT2D eigenvalue weighted by atomic mass is 15.0. The van der Waals surface area contributed by atoms with Crippen molar-refractivity contribution in [2.45, 2.75) is 0 Å². The molecule has 0 aliphatic heterocycles. The molecule has 0 fully saturated rings. The van der Waals surface area contributed by atoms with Gasteiger partial charge in [0, 0.05) is 49.6 Å². The maximum Gasteiger partial charge on any atom is 0.164 e. The smallest absolute Gasteiger partial charge is 0.164 e. The Morgan fingerprint density at radius 2 is 0.788 bits per heavy atom. The van der Waals surface area contributed by atoms with Crippen molar-refractivity contribution in [3.8, 4) is 45.5 Å². The average Bonchev–Trinajstić information content (AvgIpc) is 3.89. The van der Waals surface area contributed by atoms with Crippen molar-refractivity contribution in [1.82, 2.24) is 24.1 Å². The molecule has 0 N–H and O–H groups in total. The molecule has 66 heavy (non-hydrogen) atoms. The van der Waals surface area contributed by atoms with Crippen LogP contribution in [-0.2, 0) is 0 Å². The Morgan fingerprint density at radius 3 is 1.50 bits per heavy atom. The molecule has 0 radical (unpaired) electrons. The second-order valence-electron chi connectivity index (χ2n) is 17.2. The molecule has 0 aliphatic carbocycles. The molecule has 0 bridgehead atoms. The van der Waals surface area contributed by atoms with E-state index in [1.807, 2.05) is 0 Å². The molecule has 5 heteroatoms. The molecular weight excluding hydrogens is 803 g/mol. The van der Waals surface area contributed by atoms with Gasteiger partial charge in [0.15, 0.2) is 17.5 Å². The molecule has 0 unspecified atom stereocenters. The van der Waals surface area contributed by atoms with E-state index in [1.54, 1.807) is 0 Å². The third-order valence-electron chi connectivity index (χ3n) is 13.5. The molecule has 14 rings (SSSR count). The Kier molecular flexibility index (Phi) is 7.91. The van der Waals surface area contributed by atoms with Gasteiger partial charge in [0.2, 0.25) is 0 Å². The molecule has 0 saturated heterocycles. The largest absolute Gasteiger partial charge is 0.309 e. The van der Waals surface area contributed by atoms with E-state index in [9.17, 15) is 0 Å². The van der Waals surface area contributed by atoms with Crippen molar-refractivity contribution in [1.29, 1.82) is 0 Å². The lowest BCUT2D eigenvalue weighted by Gasteiger charge is -2.15. The van der Waals surface area contributed by atoms with Crippen LogP contribution in [0.1, 0.15) is 0 Å². The van der Waals surface area contributed by atoms with Crippen molar-refractivity contribution < 1.29 is 0 Å². The third-order valence-corrected chi connectivity index (χ3v) is 13.5. The molecule has 0 atom stereocenters. The summed E-state index contributed by atoms with van der Waals surface area (Å²) in [6, 6.07) is 80.6. The Hall–Kier alpha value is -8.93. The van der Waals surface area contributed by atoms with Gasteiger partial charge in [0.25, 0.3) is 0 Å². The molecule has 0 amide bonds. The van der Waals surface area contributed by atoms with Gasteiger partial charge in [-0.15, -0.1) is 0 Å². The van der Waals surface area contributed by atoms with Crippen molar-refractivity contribution >= 4 is 86.7 Å². The molecular formula is C61H37N5. The van der Waals surface area contributed by atoms with Crippen LogP contribution in [0.5, 0.6) is 0 Å². The minimum absolute atomic E-state index is 0.619. The molecule has 3 aromatic heterocycles. The van der Waals surface area contributed by atoms with E-state index in [2.05, 4.69) is 234 Å². The summed E-state index contributed by atoms with van der Waals surface area (Å²) in [6.07, 6.45) is 0. The predicted octanol–water partition coefficient (Wildman–Crippen LogP) is 15.7. The van der Waals surface area contributed by atoms with Crippen molar-refractivity contribution in [2.24, 2.45) is 0 Å². The van der Waals surface area contributed by atoms with E-state index in [4.69, 9.17) is 15.0 Å². The fourth-order valence-corrected chi connectivity index (χ4v) is 10.4. The maximum absolute atomic E-state index is 5.37. The normalized spacial score (nSPS) is 11.9. The monoisotopic (exact) mass is 839 g/mol. The Morgan fingerprint density at radius 1 is 0.258 bits per heavy atom. The highest BCUT2D eigenvalue weighted by Crippen LogP contribution is 2.43. The third kappa shape index (κ3) is 5.63. The van der Waals surface area contributed by atoms with Crippen molar-refractivity contribution in [3.05, 3.63) is 224 Å². The topological polar surface area (TPSA) is 48.5 Å². The summed E-state index contributed by atoms with van der Waals surface area (Å²) in [4.78, 5) is 15.9. The maximum atomic E-state index is 5.37. The van der Waals surface area contributed by atoms with Gasteiger partial charge >= 0.3 is 0 Å². The number of aromatic nitrogens is 5. The van der Waals surface area contributed by atoms with Gasteiger partial charge in [-0.25, -0.2) is 15.0 Å². The van der Waals surface area contributed by atoms with Crippen LogP contribution < -0.4 is 0 Å². The summed E-state index contributed by atoms with van der Waals surface area (Å²) in [5, 5.41) is 14.2. The number of benzene rings is 11.